The molecule has 0 spiro atoms. The molecule has 2 aromatic carbocycles. The molecule has 2 nitrogen and oxygen atoms in total. The molecule has 5 heteroatoms. The van der Waals surface area contributed by atoms with Crippen LogP contribution in [-0.2, 0) is 6.42 Å². The normalized spacial score (nSPS) is 10.5. The van der Waals surface area contributed by atoms with E-state index >= 15 is 0 Å². The number of carbonyl (C=O) groups excluding carboxylic acids is 1. The molecule has 0 saturated heterocycles. The van der Waals surface area contributed by atoms with Gasteiger partial charge in [-0.25, -0.2) is 8.78 Å². The van der Waals surface area contributed by atoms with Gasteiger partial charge in [0, 0.05) is 22.1 Å². The van der Waals surface area contributed by atoms with Crippen molar-refractivity contribution in [1.29, 1.82) is 0 Å². The van der Waals surface area contributed by atoms with Crippen molar-refractivity contribution in [3.63, 3.8) is 0 Å². The van der Waals surface area contributed by atoms with Gasteiger partial charge >= 0.3 is 0 Å². The number of hydrogen-bond donors (Lipinski definition) is 1. The number of nitrogen functional groups attached to an aromatic ring is 1. The summed E-state index contributed by atoms with van der Waals surface area (Å²) in [5.74, 6) is -2.10. The topological polar surface area (TPSA) is 43.1 Å². The minimum Gasteiger partial charge on any atom is -0.399 e. The van der Waals surface area contributed by atoms with E-state index < -0.39 is 11.6 Å². The molecule has 0 amide bonds. The van der Waals surface area contributed by atoms with Crippen LogP contribution in [0, 0.1) is 11.6 Å². The van der Waals surface area contributed by atoms with Crippen molar-refractivity contribution in [2.75, 3.05) is 5.73 Å². The predicted octanol–water partition coefficient (Wildman–Crippen LogP) is 3.73. The number of nitrogens with two attached hydrogens (primary N) is 1. The van der Waals surface area contributed by atoms with Gasteiger partial charge in [0.15, 0.2) is 17.4 Å². The standard InChI is InChI=1S/C14H10BrF2NO/c15-10-5-9(6-11(18)7-10)14(19)4-8-1-2-12(16)13(17)3-8/h1-3,5-7H,4,18H2. The van der Waals surface area contributed by atoms with E-state index in [0.717, 1.165) is 12.1 Å². The molecule has 2 N–H and O–H groups in total. The van der Waals surface area contributed by atoms with Gasteiger partial charge in [0.2, 0.25) is 0 Å². The summed E-state index contributed by atoms with van der Waals surface area (Å²) in [7, 11) is 0. The average molecular weight is 326 g/mol. The molecule has 2 aromatic rings. The van der Waals surface area contributed by atoms with Crippen LogP contribution in [-0.4, -0.2) is 5.78 Å². The van der Waals surface area contributed by atoms with Gasteiger partial charge in [0.1, 0.15) is 0 Å². The monoisotopic (exact) mass is 325 g/mol. The van der Waals surface area contributed by atoms with Gasteiger partial charge in [-0.1, -0.05) is 22.0 Å². The maximum atomic E-state index is 13.0. The number of benzene rings is 2. The molecule has 0 aliphatic rings. The summed E-state index contributed by atoms with van der Waals surface area (Å²) in [5.41, 5.74) is 6.95. The third-order valence-corrected chi connectivity index (χ3v) is 3.05. The van der Waals surface area contributed by atoms with Crippen LogP contribution in [0.1, 0.15) is 15.9 Å². The summed E-state index contributed by atoms with van der Waals surface area (Å²) in [6.45, 7) is 0. The zero-order valence-corrected chi connectivity index (χ0v) is 11.4. The molecule has 0 aliphatic heterocycles. The third-order valence-electron chi connectivity index (χ3n) is 2.59. The van der Waals surface area contributed by atoms with E-state index in [1.807, 2.05) is 0 Å². The highest BCUT2D eigenvalue weighted by Crippen LogP contribution is 2.19. The minimum atomic E-state index is -0.959. The lowest BCUT2D eigenvalue weighted by Gasteiger charge is -2.04. The Morgan fingerprint density at radius 2 is 1.84 bits per heavy atom. The summed E-state index contributed by atoms with van der Waals surface area (Å²) in [6.07, 6.45) is -0.00685. The first-order valence-electron chi connectivity index (χ1n) is 5.49. The second kappa shape index (κ2) is 5.48. The molecule has 0 unspecified atom stereocenters. The SMILES string of the molecule is Nc1cc(Br)cc(C(=O)Cc2ccc(F)c(F)c2)c1. The van der Waals surface area contributed by atoms with Crippen molar-refractivity contribution >= 4 is 27.4 Å². The Bertz CT molecular complexity index is 623. The van der Waals surface area contributed by atoms with Gasteiger partial charge in [-0.05, 0) is 35.9 Å². The highest BCUT2D eigenvalue weighted by Gasteiger charge is 2.10. The van der Waals surface area contributed by atoms with E-state index in [2.05, 4.69) is 15.9 Å². The first-order valence-corrected chi connectivity index (χ1v) is 6.28. The Morgan fingerprint density at radius 1 is 1.11 bits per heavy atom. The number of halogens is 3. The van der Waals surface area contributed by atoms with Crippen LogP contribution in [0.3, 0.4) is 0 Å². The fourth-order valence-corrected chi connectivity index (χ4v) is 2.22. The second-order valence-electron chi connectivity index (χ2n) is 4.12. The molecule has 0 heterocycles. The molecule has 0 fully saturated rings. The Morgan fingerprint density at radius 3 is 2.47 bits per heavy atom. The summed E-state index contributed by atoms with van der Waals surface area (Å²) in [6, 6.07) is 8.28. The quantitative estimate of drug-likeness (QED) is 0.690. The largest absolute Gasteiger partial charge is 0.399 e. The Balaban J connectivity index is 2.22. The molecule has 0 aliphatic carbocycles. The zero-order chi connectivity index (χ0) is 14.0. The highest BCUT2D eigenvalue weighted by molar-refractivity contribution is 9.10. The molecule has 98 valence electrons. The van der Waals surface area contributed by atoms with E-state index in [9.17, 15) is 13.6 Å². The number of Topliss-reactive ketones (excluding diaryl/α,β-unsaturated/α-hetero) is 1. The van der Waals surface area contributed by atoms with E-state index in [4.69, 9.17) is 5.73 Å². The fourth-order valence-electron chi connectivity index (χ4n) is 1.71. The number of ketones is 1. The molecule has 0 radical (unpaired) electrons. The summed E-state index contributed by atoms with van der Waals surface area (Å²) >= 11 is 3.25. The number of anilines is 1. The van der Waals surface area contributed by atoms with Gasteiger partial charge in [-0.15, -0.1) is 0 Å². The lowest BCUT2D eigenvalue weighted by molar-refractivity contribution is 0.0993. The van der Waals surface area contributed by atoms with Crippen LogP contribution in [0.4, 0.5) is 14.5 Å². The summed E-state index contributed by atoms with van der Waals surface area (Å²) in [5, 5.41) is 0. The second-order valence-corrected chi connectivity index (χ2v) is 5.04. The molecule has 2 rings (SSSR count). The number of rotatable bonds is 3. The molecule has 19 heavy (non-hydrogen) atoms. The lowest BCUT2D eigenvalue weighted by Crippen LogP contribution is -2.05. The lowest BCUT2D eigenvalue weighted by atomic mass is 10.0. The molecule has 0 bridgehead atoms. The van der Waals surface area contributed by atoms with Crippen molar-refractivity contribution in [2.45, 2.75) is 6.42 Å². The van der Waals surface area contributed by atoms with Crippen molar-refractivity contribution in [3.8, 4) is 0 Å². The van der Waals surface area contributed by atoms with Crippen molar-refractivity contribution in [1.82, 2.24) is 0 Å². The van der Waals surface area contributed by atoms with Crippen LogP contribution in [0.2, 0.25) is 0 Å². The highest BCUT2D eigenvalue weighted by atomic mass is 79.9. The van der Waals surface area contributed by atoms with E-state index in [1.54, 1.807) is 18.2 Å². The predicted molar refractivity (Wildman–Crippen MR) is 72.9 cm³/mol. The third kappa shape index (κ3) is 3.38. The van der Waals surface area contributed by atoms with Crippen molar-refractivity contribution in [3.05, 3.63) is 63.6 Å². The van der Waals surface area contributed by atoms with E-state index in [1.165, 1.54) is 6.07 Å². The van der Waals surface area contributed by atoms with Gasteiger partial charge in [-0.2, -0.15) is 0 Å². The molecule has 0 atom stereocenters. The van der Waals surface area contributed by atoms with Crippen molar-refractivity contribution in [2.24, 2.45) is 0 Å². The maximum absolute atomic E-state index is 13.0. The molecular formula is C14H10BrF2NO. The molecule has 0 aromatic heterocycles. The average Bonchev–Trinajstić information content (AvgIpc) is 2.32. The number of carbonyl (C=O) groups is 1. The Labute approximate surface area is 117 Å². The first kappa shape index (κ1) is 13.7. The zero-order valence-electron chi connectivity index (χ0n) is 9.79. The summed E-state index contributed by atoms with van der Waals surface area (Å²) in [4.78, 5) is 12.0. The Hall–Kier alpha value is -1.75. The molecule has 0 saturated carbocycles. The fraction of sp³-hybridized carbons (Fsp3) is 0.0714. The Kier molecular flexibility index (Phi) is 3.95. The van der Waals surface area contributed by atoms with Gasteiger partial charge < -0.3 is 5.73 Å². The van der Waals surface area contributed by atoms with Crippen LogP contribution in [0.15, 0.2) is 40.9 Å². The van der Waals surface area contributed by atoms with Crippen LogP contribution in [0.25, 0.3) is 0 Å². The number of hydrogen-bond acceptors (Lipinski definition) is 2. The smallest absolute Gasteiger partial charge is 0.167 e. The van der Waals surface area contributed by atoms with Gasteiger partial charge in [0.25, 0.3) is 0 Å². The maximum Gasteiger partial charge on any atom is 0.167 e. The van der Waals surface area contributed by atoms with Gasteiger partial charge in [-0.3, -0.25) is 4.79 Å². The van der Waals surface area contributed by atoms with Crippen LogP contribution in [0.5, 0.6) is 0 Å². The summed E-state index contributed by atoms with van der Waals surface area (Å²) < 4.78 is 26.5. The van der Waals surface area contributed by atoms with Crippen LogP contribution < -0.4 is 5.73 Å². The van der Waals surface area contributed by atoms with Crippen LogP contribution >= 0.6 is 15.9 Å². The first-order chi connectivity index (χ1) is 8.95. The van der Waals surface area contributed by atoms with E-state index in [0.29, 0.717) is 21.3 Å². The molecular weight excluding hydrogens is 316 g/mol. The van der Waals surface area contributed by atoms with Crippen molar-refractivity contribution < 1.29 is 13.6 Å². The van der Waals surface area contributed by atoms with Gasteiger partial charge in [0.05, 0.1) is 0 Å². The van der Waals surface area contributed by atoms with E-state index in [-0.39, 0.29) is 12.2 Å². The minimum absolute atomic E-state index is 0.00685.